The summed E-state index contributed by atoms with van der Waals surface area (Å²) in [5.41, 5.74) is -1.33. The highest BCUT2D eigenvalue weighted by atomic mass is 16.6. The summed E-state index contributed by atoms with van der Waals surface area (Å²) in [4.78, 5) is 42.8. The Kier molecular flexibility index (Phi) is 6.72. The minimum atomic E-state index is -0.982. The van der Waals surface area contributed by atoms with Crippen molar-refractivity contribution in [1.82, 2.24) is 15.3 Å². The lowest BCUT2D eigenvalue weighted by Gasteiger charge is -2.25. The second kappa shape index (κ2) is 8.13. The van der Waals surface area contributed by atoms with Crippen molar-refractivity contribution in [3.63, 3.8) is 0 Å². The molecule has 2 N–H and O–H groups in total. The molecule has 0 aromatic carbocycles. The Balaban J connectivity index is 2.75. The maximum absolute atomic E-state index is 12.3. The van der Waals surface area contributed by atoms with Crippen LogP contribution in [0.1, 0.15) is 65.0 Å². The van der Waals surface area contributed by atoms with Gasteiger partial charge in [-0.1, -0.05) is 0 Å². The molecule has 0 aliphatic carbocycles. The molecule has 1 aromatic rings. The summed E-state index contributed by atoms with van der Waals surface area (Å²) in [7, 11) is 0. The van der Waals surface area contributed by atoms with E-state index in [1.165, 1.54) is 12.4 Å². The number of hydrogen-bond acceptors (Lipinski definition) is 6. The fourth-order valence-corrected chi connectivity index (χ4v) is 1.89. The van der Waals surface area contributed by atoms with Gasteiger partial charge in [-0.2, -0.15) is 0 Å². The van der Waals surface area contributed by atoms with Gasteiger partial charge in [0.25, 0.3) is 5.91 Å². The quantitative estimate of drug-likeness (QED) is 0.757. The summed E-state index contributed by atoms with van der Waals surface area (Å²) in [6.07, 6.45) is 2.96. The lowest BCUT2D eigenvalue weighted by atomic mass is 10.1. The monoisotopic (exact) mass is 353 g/mol. The highest BCUT2D eigenvalue weighted by Gasteiger charge is 2.29. The largest absolute Gasteiger partial charge is 0.460 e. The molecule has 8 nitrogen and oxygen atoms in total. The number of hydrogen-bond donors (Lipinski definition) is 2. The number of esters is 2. The van der Waals surface area contributed by atoms with Gasteiger partial charge in [0.1, 0.15) is 17.2 Å². The minimum Gasteiger partial charge on any atom is -0.460 e. The molecular formula is C17H27N3O5. The SMILES string of the molecule is CC(C)(C)OC(=O)CCC(NC(=O)c1ncc[nH]1)C(=O)OC(C)(C)C. The van der Waals surface area contributed by atoms with Crippen LogP contribution in [-0.2, 0) is 19.1 Å². The molecule has 0 spiro atoms. The Morgan fingerprint density at radius 2 is 1.72 bits per heavy atom. The molecule has 0 saturated carbocycles. The summed E-state index contributed by atoms with van der Waals surface area (Å²) in [5.74, 6) is -1.54. The minimum absolute atomic E-state index is 0.0282. The van der Waals surface area contributed by atoms with Crippen molar-refractivity contribution in [1.29, 1.82) is 0 Å². The normalized spacial score (nSPS) is 13.0. The van der Waals surface area contributed by atoms with Gasteiger partial charge in [-0.3, -0.25) is 9.59 Å². The van der Waals surface area contributed by atoms with Crippen molar-refractivity contribution in [3.8, 4) is 0 Å². The van der Waals surface area contributed by atoms with Crippen LogP contribution >= 0.6 is 0 Å². The number of carbonyl (C=O) groups is 3. The molecule has 0 radical (unpaired) electrons. The molecule has 0 bridgehead atoms. The van der Waals surface area contributed by atoms with E-state index >= 15 is 0 Å². The molecule has 140 valence electrons. The van der Waals surface area contributed by atoms with Crippen LogP contribution in [0.3, 0.4) is 0 Å². The molecule has 0 fully saturated rings. The first-order chi connectivity index (χ1) is 11.4. The fraction of sp³-hybridized carbons (Fsp3) is 0.647. The number of rotatable bonds is 6. The van der Waals surface area contributed by atoms with E-state index in [9.17, 15) is 14.4 Å². The Labute approximate surface area is 147 Å². The standard InChI is InChI=1S/C17H27N3O5/c1-16(2,3)24-12(21)8-7-11(15(23)25-17(4,5)6)20-14(22)13-18-9-10-19-13/h9-11H,7-8H2,1-6H3,(H,18,19)(H,20,22). The predicted octanol–water partition coefficient (Wildman–Crippen LogP) is 1.97. The van der Waals surface area contributed by atoms with E-state index < -0.39 is 35.1 Å². The molecule has 1 atom stereocenters. The Bertz CT molecular complexity index is 597. The third-order valence-electron chi connectivity index (χ3n) is 2.77. The van der Waals surface area contributed by atoms with Crippen LogP contribution < -0.4 is 5.32 Å². The Hall–Kier alpha value is -2.38. The van der Waals surface area contributed by atoms with Crippen LogP contribution in [0.25, 0.3) is 0 Å². The van der Waals surface area contributed by atoms with Crippen molar-refractivity contribution < 1.29 is 23.9 Å². The van der Waals surface area contributed by atoms with Gasteiger partial charge in [-0.15, -0.1) is 0 Å². The van der Waals surface area contributed by atoms with Crippen molar-refractivity contribution in [2.24, 2.45) is 0 Å². The zero-order chi connectivity index (χ0) is 19.3. The first kappa shape index (κ1) is 20.7. The highest BCUT2D eigenvalue weighted by Crippen LogP contribution is 2.13. The number of aromatic nitrogens is 2. The van der Waals surface area contributed by atoms with Gasteiger partial charge in [-0.05, 0) is 48.0 Å². The van der Waals surface area contributed by atoms with E-state index in [1.807, 2.05) is 0 Å². The zero-order valence-corrected chi connectivity index (χ0v) is 15.6. The first-order valence-electron chi connectivity index (χ1n) is 8.12. The third kappa shape index (κ3) is 8.32. The van der Waals surface area contributed by atoms with Crippen LogP contribution in [0.5, 0.6) is 0 Å². The summed E-state index contributed by atoms with van der Waals surface area (Å²) in [5, 5.41) is 2.54. The second-order valence-electron chi connectivity index (χ2n) is 7.62. The summed E-state index contributed by atoms with van der Waals surface area (Å²) < 4.78 is 10.5. The summed E-state index contributed by atoms with van der Waals surface area (Å²) in [6.45, 7) is 10.5. The third-order valence-corrected chi connectivity index (χ3v) is 2.77. The maximum atomic E-state index is 12.3. The number of carbonyl (C=O) groups excluding carboxylic acids is 3. The van der Waals surface area contributed by atoms with E-state index in [0.717, 1.165) is 0 Å². The Morgan fingerprint density at radius 3 is 2.20 bits per heavy atom. The van der Waals surface area contributed by atoms with Gasteiger partial charge in [-0.25, -0.2) is 9.78 Å². The molecule has 0 aliphatic heterocycles. The molecule has 1 rings (SSSR count). The Morgan fingerprint density at radius 1 is 1.12 bits per heavy atom. The van der Waals surface area contributed by atoms with Gasteiger partial charge < -0.3 is 19.8 Å². The number of amides is 1. The molecule has 1 unspecified atom stereocenters. The van der Waals surface area contributed by atoms with Gasteiger partial charge in [0.15, 0.2) is 5.82 Å². The van der Waals surface area contributed by atoms with E-state index in [-0.39, 0.29) is 18.7 Å². The predicted molar refractivity (Wildman–Crippen MR) is 90.8 cm³/mol. The van der Waals surface area contributed by atoms with E-state index in [1.54, 1.807) is 41.5 Å². The van der Waals surface area contributed by atoms with Crippen molar-refractivity contribution >= 4 is 17.8 Å². The lowest BCUT2D eigenvalue weighted by molar-refractivity contribution is -0.158. The molecule has 25 heavy (non-hydrogen) atoms. The molecule has 1 amide bonds. The van der Waals surface area contributed by atoms with E-state index in [2.05, 4.69) is 15.3 Å². The van der Waals surface area contributed by atoms with Crippen molar-refractivity contribution in [2.75, 3.05) is 0 Å². The van der Waals surface area contributed by atoms with E-state index in [0.29, 0.717) is 0 Å². The van der Waals surface area contributed by atoms with Gasteiger partial charge in [0, 0.05) is 18.8 Å². The molecule has 1 aromatic heterocycles. The molecular weight excluding hydrogens is 326 g/mol. The number of nitrogens with zero attached hydrogens (tertiary/aromatic N) is 1. The molecule has 8 heteroatoms. The van der Waals surface area contributed by atoms with Crippen LogP contribution in [0.15, 0.2) is 12.4 Å². The summed E-state index contributed by atoms with van der Waals surface area (Å²) in [6, 6.07) is -0.982. The number of nitrogens with one attached hydrogen (secondary N) is 2. The van der Waals surface area contributed by atoms with Gasteiger partial charge in [0.2, 0.25) is 0 Å². The molecule has 1 heterocycles. The fourth-order valence-electron chi connectivity index (χ4n) is 1.89. The number of ether oxygens (including phenoxy) is 2. The van der Waals surface area contributed by atoms with Crippen LogP contribution in [0.4, 0.5) is 0 Å². The second-order valence-corrected chi connectivity index (χ2v) is 7.62. The smallest absolute Gasteiger partial charge is 0.329 e. The zero-order valence-electron chi connectivity index (χ0n) is 15.6. The number of imidazole rings is 1. The van der Waals surface area contributed by atoms with Crippen LogP contribution in [-0.4, -0.2) is 45.1 Å². The van der Waals surface area contributed by atoms with Crippen molar-refractivity contribution in [2.45, 2.75) is 71.6 Å². The first-order valence-corrected chi connectivity index (χ1v) is 8.12. The van der Waals surface area contributed by atoms with Gasteiger partial charge >= 0.3 is 11.9 Å². The van der Waals surface area contributed by atoms with Gasteiger partial charge in [0.05, 0.1) is 0 Å². The van der Waals surface area contributed by atoms with Crippen molar-refractivity contribution in [3.05, 3.63) is 18.2 Å². The number of H-pyrrole nitrogens is 1. The number of aromatic amines is 1. The molecule has 0 aliphatic rings. The lowest BCUT2D eigenvalue weighted by Crippen LogP contribution is -2.45. The topological polar surface area (TPSA) is 110 Å². The maximum Gasteiger partial charge on any atom is 0.329 e. The average Bonchev–Trinajstić information content (AvgIpc) is 2.93. The highest BCUT2D eigenvalue weighted by molar-refractivity contribution is 5.93. The van der Waals surface area contributed by atoms with Crippen LogP contribution in [0.2, 0.25) is 0 Å². The van der Waals surface area contributed by atoms with E-state index in [4.69, 9.17) is 9.47 Å². The molecule has 0 saturated heterocycles. The average molecular weight is 353 g/mol. The van der Waals surface area contributed by atoms with Crippen LogP contribution in [0, 0.1) is 0 Å². The summed E-state index contributed by atoms with van der Waals surface area (Å²) >= 11 is 0.